The molecule has 0 atom stereocenters. The topological polar surface area (TPSA) is 35.2 Å². The molecule has 0 aliphatic rings. The van der Waals surface area contributed by atoms with Gasteiger partial charge in [0.25, 0.3) is 0 Å². The van der Waals surface area contributed by atoms with Crippen molar-refractivity contribution in [2.75, 3.05) is 0 Å². The second kappa shape index (κ2) is 5.98. The van der Waals surface area contributed by atoms with Crippen LogP contribution < -0.4 is 10.5 Å². The van der Waals surface area contributed by atoms with Crippen LogP contribution in [0.1, 0.15) is 11.1 Å². The molecule has 0 aromatic heterocycles. The van der Waals surface area contributed by atoms with Gasteiger partial charge in [-0.1, -0.05) is 34.1 Å². The van der Waals surface area contributed by atoms with Crippen molar-refractivity contribution in [3.63, 3.8) is 0 Å². The Balaban J connectivity index is 2.11. The fourth-order valence-electron chi connectivity index (χ4n) is 1.60. The molecular formula is C14H13BrFNO. The maximum atomic E-state index is 13.3. The number of rotatable bonds is 4. The zero-order valence-corrected chi connectivity index (χ0v) is 11.3. The minimum atomic E-state index is -0.333. The summed E-state index contributed by atoms with van der Waals surface area (Å²) in [6.07, 6.45) is 0. The SMILES string of the molecule is NCc1cc(F)cc(OCc2ccccc2Br)c1. The number of hydrogen-bond acceptors (Lipinski definition) is 2. The molecule has 0 fully saturated rings. The molecule has 0 radical (unpaired) electrons. The average Bonchev–Trinajstić information content (AvgIpc) is 2.37. The van der Waals surface area contributed by atoms with E-state index in [9.17, 15) is 4.39 Å². The monoisotopic (exact) mass is 309 g/mol. The van der Waals surface area contributed by atoms with E-state index in [1.54, 1.807) is 6.07 Å². The Labute approximate surface area is 114 Å². The molecule has 0 saturated carbocycles. The highest BCUT2D eigenvalue weighted by molar-refractivity contribution is 9.10. The van der Waals surface area contributed by atoms with Gasteiger partial charge in [0, 0.05) is 22.6 Å². The van der Waals surface area contributed by atoms with Crippen molar-refractivity contribution in [2.24, 2.45) is 5.73 Å². The quantitative estimate of drug-likeness (QED) is 0.936. The standard InChI is InChI=1S/C14H13BrFNO/c15-14-4-2-1-3-11(14)9-18-13-6-10(8-17)5-12(16)7-13/h1-7H,8-9,17H2. The van der Waals surface area contributed by atoms with E-state index in [1.807, 2.05) is 24.3 Å². The van der Waals surface area contributed by atoms with Crippen molar-refractivity contribution >= 4 is 15.9 Å². The van der Waals surface area contributed by atoms with Crippen LogP contribution in [-0.2, 0) is 13.2 Å². The first-order chi connectivity index (χ1) is 8.69. The van der Waals surface area contributed by atoms with E-state index < -0.39 is 0 Å². The van der Waals surface area contributed by atoms with Gasteiger partial charge >= 0.3 is 0 Å². The number of ether oxygens (including phenoxy) is 1. The lowest BCUT2D eigenvalue weighted by molar-refractivity contribution is 0.303. The molecule has 94 valence electrons. The normalized spacial score (nSPS) is 10.4. The molecule has 4 heteroatoms. The second-order valence-electron chi connectivity index (χ2n) is 3.88. The summed E-state index contributed by atoms with van der Waals surface area (Å²) >= 11 is 3.44. The molecule has 18 heavy (non-hydrogen) atoms. The van der Waals surface area contributed by atoms with Gasteiger partial charge in [0.2, 0.25) is 0 Å². The predicted octanol–water partition coefficient (Wildman–Crippen LogP) is 3.63. The van der Waals surface area contributed by atoms with Crippen LogP contribution in [-0.4, -0.2) is 0 Å². The number of hydrogen-bond donors (Lipinski definition) is 1. The first kappa shape index (κ1) is 13.1. The molecule has 2 rings (SSSR count). The van der Waals surface area contributed by atoms with Crippen LogP contribution in [0.25, 0.3) is 0 Å². The van der Waals surface area contributed by atoms with E-state index >= 15 is 0 Å². The molecule has 2 aromatic carbocycles. The second-order valence-corrected chi connectivity index (χ2v) is 4.73. The average molecular weight is 310 g/mol. The van der Waals surface area contributed by atoms with Crippen LogP contribution >= 0.6 is 15.9 Å². The summed E-state index contributed by atoms with van der Waals surface area (Å²) in [6, 6.07) is 12.3. The molecule has 2 aromatic rings. The van der Waals surface area contributed by atoms with Crippen LogP contribution in [0, 0.1) is 5.82 Å². The molecule has 0 bridgehead atoms. The molecule has 2 nitrogen and oxygen atoms in total. The third kappa shape index (κ3) is 3.31. The molecule has 0 heterocycles. The van der Waals surface area contributed by atoms with Gasteiger partial charge in [-0.25, -0.2) is 4.39 Å². The minimum Gasteiger partial charge on any atom is -0.489 e. The van der Waals surface area contributed by atoms with Gasteiger partial charge < -0.3 is 10.5 Å². The van der Waals surface area contributed by atoms with Gasteiger partial charge in [-0.2, -0.15) is 0 Å². The number of halogens is 2. The van der Waals surface area contributed by atoms with Crippen LogP contribution in [0.5, 0.6) is 5.75 Å². The third-order valence-electron chi connectivity index (χ3n) is 2.52. The largest absolute Gasteiger partial charge is 0.489 e. The summed E-state index contributed by atoms with van der Waals surface area (Å²) in [4.78, 5) is 0. The van der Waals surface area contributed by atoms with E-state index in [4.69, 9.17) is 10.5 Å². The van der Waals surface area contributed by atoms with E-state index in [0.29, 0.717) is 18.9 Å². The first-order valence-electron chi connectivity index (χ1n) is 5.55. The van der Waals surface area contributed by atoms with E-state index in [-0.39, 0.29) is 5.82 Å². The molecule has 0 amide bonds. The highest BCUT2D eigenvalue weighted by Gasteiger charge is 2.03. The molecular weight excluding hydrogens is 297 g/mol. The summed E-state index contributed by atoms with van der Waals surface area (Å²) in [7, 11) is 0. The predicted molar refractivity (Wildman–Crippen MR) is 72.8 cm³/mol. The molecule has 0 saturated heterocycles. The molecule has 0 spiro atoms. The van der Waals surface area contributed by atoms with Crippen LogP contribution in [0.15, 0.2) is 46.9 Å². The summed E-state index contributed by atoms with van der Waals surface area (Å²) in [5.41, 5.74) is 7.22. The van der Waals surface area contributed by atoms with Gasteiger partial charge in [-0.05, 0) is 23.8 Å². The Morgan fingerprint density at radius 3 is 2.67 bits per heavy atom. The fraction of sp³-hybridized carbons (Fsp3) is 0.143. The van der Waals surface area contributed by atoms with Gasteiger partial charge in [-0.15, -0.1) is 0 Å². The Morgan fingerprint density at radius 2 is 1.94 bits per heavy atom. The highest BCUT2D eigenvalue weighted by atomic mass is 79.9. The smallest absolute Gasteiger partial charge is 0.127 e. The highest BCUT2D eigenvalue weighted by Crippen LogP contribution is 2.20. The Hall–Kier alpha value is -1.39. The van der Waals surface area contributed by atoms with Crippen molar-refractivity contribution < 1.29 is 9.13 Å². The minimum absolute atomic E-state index is 0.295. The summed E-state index contributed by atoms with van der Waals surface area (Å²) < 4.78 is 19.8. The lowest BCUT2D eigenvalue weighted by Crippen LogP contribution is -2.00. The zero-order chi connectivity index (χ0) is 13.0. The fourth-order valence-corrected chi connectivity index (χ4v) is 2.00. The Morgan fingerprint density at radius 1 is 1.17 bits per heavy atom. The van der Waals surface area contributed by atoms with Gasteiger partial charge in [0.15, 0.2) is 0 Å². The zero-order valence-electron chi connectivity index (χ0n) is 9.70. The van der Waals surface area contributed by atoms with Crippen molar-refractivity contribution in [3.8, 4) is 5.75 Å². The lowest BCUT2D eigenvalue weighted by atomic mass is 10.2. The van der Waals surface area contributed by atoms with Gasteiger partial charge in [-0.3, -0.25) is 0 Å². The molecule has 0 unspecified atom stereocenters. The van der Waals surface area contributed by atoms with Crippen molar-refractivity contribution in [2.45, 2.75) is 13.2 Å². The summed E-state index contributed by atoms with van der Waals surface area (Å²) in [5.74, 6) is 0.159. The van der Waals surface area contributed by atoms with Crippen molar-refractivity contribution in [1.82, 2.24) is 0 Å². The van der Waals surface area contributed by atoms with E-state index in [0.717, 1.165) is 15.6 Å². The maximum absolute atomic E-state index is 13.3. The third-order valence-corrected chi connectivity index (χ3v) is 3.29. The molecule has 0 aliphatic heterocycles. The Kier molecular flexibility index (Phi) is 4.33. The van der Waals surface area contributed by atoms with E-state index in [1.165, 1.54) is 12.1 Å². The van der Waals surface area contributed by atoms with E-state index in [2.05, 4.69) is 15.9 Å². The maximum Gasteiger partial charge on any atom is 0.127 e. The van der Waals surface area contributed by atoms with Gasteiger partial charge in [0.1, 0.15) is 18.2 Å². The number of benzene rings is 2. The molecule has 0 aliphatic carbocycles. The summed E-state index contributed by atoms with van der Waals surface area (Å²) in [6.45, 7) is 0.679. The molecule has 2 N–H and O–H groups in total. The van der Waals surface area contributed by atoms with Crippen molar-refractivity contribution in [3.05, 3.63) is 63.9 Å². The lowest BCUT2D eigenvalue weighted by Gasteiger charge is -2.09. The first-order valence-corrected chi connectivity index (χ1v) is 6.34. The van der Waals surface area contributed by atoms with Crippen LogP contribution in [0.4, 0.5) is 4.39 Å². The van der Waals surface area contributed by atoms with Gasteiger partial charge in [0.05, 0.1) is 0 Å². The number of nitrogens with two attached hydrogens (primary N) is 1. The van der Waals surface area contributed by atoms with Crippen molar-refractivity contribution in [1.29, 1.82) is 0 Å². The summed E-state index contributed by atoms with van der Waals surface area (Å²) in [5, 5.41) is 0. The van der Waals surface area contributed by atoms with Crippen LogP contribution in [0.3, 0.4) is 0 Å². The van der Waals surface area contributed by atoms with Crippen LogP contribution in [0.2, 0.25) is 0 Å². The Bertz CT molecular complexity index is 545.